The van der Waals surface area contributed by atoms with E-state index in [1.165, 1.54) is 0 Å². The highest BCUT2D eigenvalue weighted by molar-refractivity contribution is 5.94. The first kappa shape index (κ1) is 20.7. The number of benzene rings is 1. The Kier molecular flexibility index (Phi) is 5.33. The van der Waals surface area contributed by atoms with E-state index in [1.807, 2.05) is 0 Å². The summed E-state index contributed by atoms with van der Waals surface area (Å²) in [6.07, 6.45) is -8.68. The number of anilines is 1. The van der Waals surface area contributed by atoms with Crippen LogP contribution in [0.5, 0.6) is 5.88 Å². The maximum absolute atomic E-state index is 12.8. The van der Waals surface area contributed by atoms with Crippen molar-refractivity contribution in [1.29, 1.82) is 0 Å². The number of aromatic carboxylic acids is 1. The van der Waals surface area contributed by atoms with Crippen LogP contribution in [0.2, 0.25) is 0 Å². The Hall–Kier alpha value is -2.98. The van der Waals surface area contributed by atoms with Crippen LogP contribution in [0.15, 0.2) is 36.5 Å². The van der Waals surface area contributed by atoms with Crippen LogP contribution in [0.4, 0.5) is 32.0 Å². The van der Waals surface area contributed by atoms with Crippen LogP contribution < -0.4 is 9.64 Å². The zero-order valence-electron chi connectivity index (χ0n) is 14.6. The second kappa shape index (κ2) is 7.45. The fraction of sp³-hybridized carbons (Fsp3) is 0.333. The predicted molar refractivity (Wildman–Crippen MR) is 88.9 cm³/mol. The molecule has 0 amide bonds. The van der Waals surface area contributed by atoms with Crippen molar-refractivity contribution in [2.24, 2.45) is 0 Å². The molecule has 0 unspecified atom stereocenters. The van der Waals surface area contributed by atoms with Gasteiger partial charge in [0.2, 0.25) is 5.88 Å². The second-order valence-electron chi connectivity index (χ2n) is 6.39. The highest BCUT2D eigenvalue weighted by Gasteiger charge is 2.34. The Labute approximate surface area is 160 Å². The summed E-state index contributed by atoms with van der Waals surface area (Å²) in [6, 6.07) is 4.36. The van der Waals surface area contributed by atoms with Crippen molar-refractivity contribution in [3.63, 3.8) is 0 Å². The van der Waals surface area contributed by atoms with Crippen LogP contribution >= 0.6 is 0 Å². The average molecular weight is 420 g/mol. The van der Waals surface area contributed by atoms with Crippen LogP contribution in [0.1, 0.15) is 27.9 Å². The standard InChI is InChI=1S/C18H14F6N2O3/c19-17(20,21)10-1-3-14(13(7-10)16(27)28)26-6-5-12(9-26)29-15-4-2-11(8-25-15)18(22,23)24/h1-4,7-8,12H,5-6,9H2,(H,27,28)/t12-/m0/s1. The number of carboxylic acids is 1. The minimum Gasteiger partial charge on any atom is -0.478 e. The van der Waals surface area contributed by atoms with Gasteiger partial charge in [-0.05, 0) is 24.3 Å². The number of hydrogen-bond donors (Lipinski definition) is 1. The number of halogens is 6. The lowest BCUT2D eigenvalue weighted by atomic mass is 10.1. The summed E-state index contributed by atoms with van der Waals surface area (Å²) >= 11 is 0. The predicted octanol–water partition coefficient (Wildman–Crippen LogP) is 4.48. The fourth-order valence-corrected chi connectivity index (χ4v) is 2.99. The molecule has 5 nitrogen and oxygen atoms in total. The number of ether oxygens (including phenoxy) is 1. The molecular formula is C18H14F6N2O3. The molecule has 0 bridgehead atoms. The minimum absolute atomic E-state index is 0.0317. The number of aromatic nitrogens is 1. The molecule has 1 atom stereocenters. The van der Waals surface area contributed by atoms with Crippen molar-refractivity contribution < 1.29 is 41.0 Å². The molecule has 1 aromatic heterocycles. The molecule has 1 aliphatic heterocycles. The Morgan fingerprint density at radius 3 is 2.28 bits per heavy atom. The molecule has 3 rings (SSSR count). The Morgan fingerprint density at radius 1 is 1.07 bits per heavy atom. The molecule has 2 aromatic rings. The molecule has 2 heterocycles. The lowest BCUT2D eigenvalue weighted by Gasteiger charge is -2.22. The van der Waals surface area contributed by atoms with E-state index in [1.54, 1.807) is 4.90 Å². The first-order valence-corrected chi connectivity index (χ1v) is 8.34. The van der Waals surface area contributed by atoms with Gasteiger partial charge < -0.3 is 14.7 Å². The fourth-order valence-electron chi connectivity index (χ4n) is 2.99. The number of carbonyl (C=O) groups is 1. The maximum Gasteiger partial charge on any atom is 0.417 e. The summed E-state index contributed by atoms with van der Waals surface area (Å²) in [7, 11) is 0. The van der Waals surface area contributed by atoms with E-state index in [-0.39, 0.29) is 18.1 Å². The van der Waals surface area contributed by atoms with E-state index in [9.17, 15) is 36.2 Å². The Bertz CT molecular complexity index is 896. The van der Waals surface area contributed by atoms with E-state index < -0.39 is 41.1 Å². The summed E-state index contributed by atoms with van der Waals surface area (Å²) in [5.74, 6) is -1.53. The third kappa shape index (κ3) is 4.72. The molecular weight excluding hydrogens is 406 g/mol. The minimum atomic E-state index is -4.67. The molecule has 1 aromatic carbocycles. The zero-order chi connectivity index (χ0) is 21.4. The molecule has 29 heavy (non-hydrogen) atoms. The van der Waals surface area contributed by atoms with Gasteiger partial charge in [-0.25, -0.2) is 9.78 Å². The van der Waals surface area contributed by atoms with E-state index in [2.05, 4.69) is 4.98 Å². The van der Waals surface area contributed by atoms with Gasteiger partial charge in [0.05, 0.1) is 28.9 Å². The Morgan fingerprint density at radius 2 is 1.72 bits per heavy atom. The topological polar surface area (TPSA) is 62.7 Å². The SMILES string of the molecule is O=C(O)c1cc(C(F)(F)F)ccc1N1CC[C@H](Oc2ccc(C(F)(F)F)cn2)C1. The normalized spacial score (nSPS) is 17.4. The van der Waals surface area contributed by atoms with E-state index in [0.717, 1.165) is 24.3 Å². The lowest BCUT2D eigenvalue weighted by molar-refractivity contribution is -0.138. The van der Waals surface area contributed by atoms with Gasteiger partial charge in [-0.15, -0.1) is 0 Å². The van der Waals surface area contributed by atoms with Crippen LogP contribution in [-0.2, 0) is 12.4 Å². The summed E-state index contributed by atoms with van der Waals surface area (Å²) in [6.45, 7) is 0.450. The molecule has 1 N–H and O–H groups in total. The van der Waals surface area contributed by atoms with Gasteiger partial charge in [0.15, 0.2) is 0 Å². The highest BCUT2D eigenvalue weighted by Crippen LogP contribution is 2.34. The van der Waals surface area contributed by atoms with Crippen molar-refractivity contribution >= 4 is 11.7 Å². The Balaban J connectivity index is 1.73. The average Bonchev–Trinajstić information content (AvgIpc) is 3.08. The molecule has 11 heteroatoms. The van der Waals surface area contributed by atoms with Crippen molar-refractivity contribution in [1.82, 2.24) is 4.98 Å². The summed E-state index contributed by atoms with van der Waals surface area (Å²) in [5, 5.41) is 9.28. The lowest BCUT2D eigenvalue weighted by Crippen LogP contribution is -2.26. The van der Waals surface area contributed by atoms with Gasteiger partial charge in [0, 0.05) is 25.2 Å². The van der Waals surface area contributed by atoms with Crippen LogP contribution in [0.3, 0.4) is 0 Å². The monoisotopic (exact) mass is 420 g/mol. The molecule has 156 valence electrons. The van der Waals surface area contributed by atoms with Crippen molar-refractivity contribution in [3.8, 4) is 5.88 Å². The third-order valence-electron chi connectivity index (χ3n) is 4.39. The maximum atomic E-state index is 12.8. The van der Waals surface area contributed by atoms with Crippen LogP contribution in [0.25, 0.3) is 0 Å². The van der Waals surface area contributed by atoms with Gasteiger partial charge in [0.25, 0.3) is 0 Å². The number of hydrogen-bond acceptors (Lipinski definition) is 4. The molecule has 1 aliphatic rings. The second-order valence-corrected chi connectivity index (χ2v) is 6.39. The van der Waals surface area contributed by atoms with E-state index >= 15 is 0 Å². The number of carboxylic acid groups (broad SMARTS) is 1. The van der Waals surface area contributed by atoms with Gasteiger partial charge >= 0.3 is 18.3 Å². The molecule has 1 saturated heterocycles. The molecule has 0 saturated carbocycles. The van der Waals surface area contributed by atoms with Crippen LogP contribution in [0, 0.1) is 0 Å². The largest absolute Gasteiger partial charge is 0.478 e. The summed E-state index contributed by atoms with van der Waals surface area (Å²) in [4.78, 5) is 16.6. The number of nitrogens with zero attached hydrogens (tertiary/aromatic N) is 2. The van der Waals surface area contributed by atoms with Crippen molar-refractivity contribution in [3.05, 3.63) is 53.2 Å². The van der Waals surface area contributed by atoms with Crippen molar-refractivity contribution in [2.45, 2.75) is 24.9 Å². The molecule has 0 spiro atoms. The molecule has 0 aliphatic carbocycles. The smallest absolute Gasteiger partial charge is 0.417 e. The number of rotatable bonds is 4. The summed E-state index contributed by atoms with van der Waals surface area (Å²) in [5.41, 5.74) is -2.38. The highest BCUT2D eigenvalue weighted by atomic mass is 19.4. The number of pyridine rings is 1. The van der Waals surface area contributed by atoms with Crippen molar-refractivity contribution in [2.75, 3.05) is 18.0 Å². The summed E-state index contributed by atoms with van der Waals surface area (Å²) < 4.78 is 81.7. The van der Waals surface area contributed by atoms with E-state index in [0.29, 0.717) is 25.2 Å². The van der Waals surface area contributed by atoms with Gasteiger partial charge in [-0.3, -0.25) is 0 Å². The number of alkyl halides is 6. The first-order valence-electron chi connectivity index (χ1n) is 8.34. The third-order valence-corrected chi connectivity index (χ3v) is 4.39. The van der Waals surface area contributed by atoms with Gasteiger partial charge in [-0.1, -0.05) is 0 Å². The molecule has 1 fully saturated rings. The quantitative estimate of drug-likeness (QED) is 0.740. The molecule has 0 radical (unpaired) electrons. The van der Waals surface area contributed by atoms with E-state index in [4.69, 9.17) is 4.74 Å². The first-order chi connectivity index (χ1) is 13.4. The zero-order valence-corrected chi connectivity index (χ0v) is 14.6. The van der Waals surface area contributed by atoms with Gasteiger partial charge in [0.1, 0.15) is 6.10 Å². The van der Waals surface area contributed by atoms with Crippen LogP contribution in [-0.4, -0.2) is 35.3 Å². The van der Waals surface area contributed by atoms with Gasteiger partial charge in [-0.2, -0.15) is 26.3 Å².